The number of fused-ring (bicyclic) bond motifs is 2. The van der Waals surface area contributed by atoms with Crippen molar-refractivity contribution in [2.75, 3.05) is 18.4 Å². The third kappa shape index (κ3) is 3.81. The first-order valence-corrected chi connectivity index (χ1v) is 9.77. The summed E-state index contributed by atoms with van der Waals surface area (Å²) in [5.41, 5.74) is 1.33. The number of hydrogen-bond acceptors (Lipinski definition) is 3. The quantitative estimate of drug-likeness (QED) is 0.878. The van der Waals surface area contributed by atoms with Crippen LogP contribution in [0.3, 0.4) is 0 Å². The molecule has 2 atom stereocenters. The topological polar surface area (TPSA) is 66.5 Å². The second-order valence-electron chi connectivity index (χ2n) is 7.44. The van der Waals surface area contributed by atoms with Crippen molar-refractivity contribution in [2.45, 2.75) is 46.0 Å². The molecule has 0 aliphatic heterocycles. The van der Waals surface area contributed by atoms with E-state index < -0.39 is 0 Å². The van der Waals surface area contributed by atoms with Gasteiger partial charge in [0.15, 0.2) is 0 Å². The highest BCUT2D eigenvalue weighted by atomic mass is 16.2. The van der Waals surface area contributed by atoms with Gasteiger partial charge in [-0.1, -0.05) is 6.42 Å². The average Bonchev–Trinajstić information content (AvgIpc) is 2.63. The summed E-state index contributed by atoms with van der Waals surface area (Å²) in [6, 6.07) is 7.08. The number of carbonyl (C=O) groups excluding carboxylic acids is 3. The summed E-state index contributed by atoms with van der Waals surface area (Å²) in [5.74, 6) is 0.447. The van der Waals surface area contributed by atoms with Crippen molar-refractivity contribution in [3.63, 3.8) is 0 Å². The van der Waals surface area contributed by atoms with E-state index in [1.165, 1.54) is 0 Å². The Bertz CT molecular complexity index is 663. The van der Waals surface area contributed by atoms with Gasteiger partial charge in [0.2, 0.25) is 5.91 Å². The predicted octanol–water partition coefficient (Wildman–Crippen LogP) is 3.50. The van der Waals surface area contributed by atoms with Crippen LogP contribution in [0.4, 0.5) is 5.69 Å². The molecule has 1 aromatic rings. The van der Waals surface area contributed by atoms with Gasteiger partial charge in [-0.25, -0.2) is 0 Å². The highest BCUT2D eigenvalue weighted by Gasteiger charge is 2.41. The van der Waals surface area contributed by atoms with Gasteiger partial charge in [-0.2, -0.15) is 0 Å². The minimum atomic E-state index is -0.0833. The SMILES string of the molecule is CCN(CC)C(=O)c1ccc(NC(=O)C2C[C@H]3CCC[C@H](C2)C3=O)cc1. The number of amides is 2. The number of nitrogens with zero attached hydrogens (tertiary/aromatic N) is 1. The molecule has 2 fully saturated rings. The molecule has 2 aliphatic rings. The smallest absolute Gasteiger partial charge is 0.253 e. The maximum absolute atomic E-state index is 12.6. The molecule has 26 heavy (non-hydrogen) atoms. The fraction of sp³-hybridized carbons (Fsp3) is 0.571. The van der Waals surface area contributed by atoms with Gasteiger partial charge in [0, 0.05) is 42.1 Å². The lowest BCUT2D eigenvalue weighted by molar-refractivity contribution is -0.136. The Kier molecular flexibility index (Phi) is 5.74. The Morgan fingerprint density at radius 2 is 1.62 bits per heavy atom. The first kappa shape index (κ1) is 18.6. The van der Waals surface area contributed by atoms with E-state index in [9.17, 15) is 14.4 Å². The highest BCUT2D eigenvalue weighted by molar-refractivity contribution is 5.97. The van der Waals surface area contributed by atoms with Crippen molar-refractivity contribution in [2.24, 2.45) is 17.8 Å². The third-order valence-corrected chi connectivity index (χ3v) is 5.87. The molecule has 1 N–H and O–H groups in total. The second-order valence-corrected chi connectivity index (χ2v) is 7.44. The average molecular weight is 356 g/mol. The van der Waals surface area contributed by atoms with Gasteiger partial charge in [0.05, 0.1) is 0 Å². The predicted molar refractivity (Wildman–Crippen MR) is 101 cm³/mol. The lowest BCUT2D eigenvalue weighted by Crippen LogP contribution is -2.40. The number of carbonyl (C=O) groups is 3. The van der Waals surface area contributed by atoms with Crippen LogP contribution in [0.25, 0.3) is 0 Å². The van der Waals surface area contributed by atoms with Gasteiger partial charge >= 0.3 is 0 Å². The summed E-state index contributed by atoms with van der Waals surface area (Å²) in [6.45, 7) is 5.27. The molecule has 0 unspecified atom stereocenters. The van der Waals surface area contributed by atoms with E-state index in [4.69, 9.17) is 0 Å². The van der Waals surface area contributed by atoms with Crippen LogP contribution in [0.2, 0.25) is 0 Å². The van der Waals surface area contributed by atoms with E-state index in [1.54, 1.807) is 29.2 Å². The molecular weight excluding hydrogens is 328 g/mol. The molecule has 3 rings (SSSR count). The Balaban J connectivity index is 1.61. The van der Waals surface area contributed by atoms with Gasteiger partial charge < -0.3 is 10.2 Å². The van der Waals surface area contributed by atoms with Crippen LogP contribution in [0.5, 0.6) is 0 Å². The van der Waals surface area contributed by atoms with Crippen LogP contribution < -0.4 is 5.32 Å². The molecule has 2 bridgehead atoms. The molecular formula is C21H28N2O3. The van der Waals surface area contributed by atoms with Crippen molar-refractivity contribution < 1.29 is 14.4 Å². The van der Waals surface area contributed by atoms with Crippen LogP contribution >= 0.6 is 0 Å². The lowest BCUT2D eigenvalue weighted by Gasteiger charge is -2.36. The number of anilines is 1. The largest absolute Gasteiger partial charge is 0.339 e. The van der Waals surface area contributed by atoms with E-state index in [0.717, 1.165) is 19.3 Å². The molecule has 0 radical (unpaired) electrons. The molecule has 0 heterocycles. The van der Waals surface area contributed by atoms with Crippen molar-refractivity contribution >= 4 is 23.3 Å². The summed E-state index contributed by atoms with van der Waals surface area (Å²) in [4.78, 5) is 38.9. The highest BCUT2D eigenvalue weighted by Crippen LogP contribution is 2.40. The van der Waals surface area contributed by atoms with E-state index in [2.05, 4.69) is 5.32 Å². The number of nitrogens with one attached hydrogen (secondary N) is 1. The first-order chi connectivity index (χ1) is 12.5. The maximum atomic E-state index is 12.6. The minimum absolute atomic E-state index is 0.00257. The summed E-state index contributed by atoms with van der Waals surface area (Å²) in [6.07, 6.45) is 4.33. The molecule has 0 spiro atoms. The zero-order valence-electron chi connectivity index (χ0n) is 15.7. The zero-order valence-corrected chi connectivity index (χ0v) is 15.7. The summed E-state index contributed by atoms with van der Waals surface area (Å²) in [5, 5.41) is 2.96. The van der Waals surface area contributed by atoms with Crippen LogP contribution in [-0.4, -0.2) is 35.6 Å². The number of hydrogen-bond donors (Lipinski definition) is 1. The lowest BCUT2D eigenvalue weighted by atomic mass is 9.67. The van der Waals surface area contributed by atoms with E-state index >= 15 is 0 Å². The third-order valence-electron chi connectivity index (χ3n) is 5.87. The molecule has 2 saturated carbocycles. The Morgan fingerprint density at radius 1 is 1.04 bits per heavy atom. The maximum Gasteiger partial charge on any atom is 0.253 e. The molecule has 2 aliphatic carbocycles. The molecule has 140 valence electrons. The van der Waals surface area contributed by atoms with E-state index in [-0.39, 0.29) is 29.6 Å². The van der Waals surface area contributed by atoms with Crippen molar-refractivity contribution in [3.8, 4) is 0 Å². The van der Waals surface area contributed by atoms with Crippen LogP contribution in [0.1, 0.15) is 56.3 Å². The summed E-state index contributed by atoms with van der Waals surface area (Å²) < 4.78 is 0. The molecule has 1 aromatic carbocycles. The Labute approximate surface area is 155 Å². The van der Waals surface area contributed by atoms with Crippen molar-refractivity contribution in [3.05, 3.63) is 29.8 Å². The standard InChI is InChI=1S/C21H28N2O3/c1-3-23(4-2)21(26)14-8-10-18(11-9-14)22-20(25)17-12-15-6-5-7-16(13-17)19(15)24/h8-11,15-17H,3-7,12-13H2,1-2H3,(H,22,25)/t15-,16-/m1/s1. The summed E-state index contributed by atoms with van der Waals surface area (Å²) in [7, 11) is 0. The second kappa shape index (κ2) is 8.02. The minimum Gasteiger partial charge on any atom is -0.339 e. The van der Waals surface area contributed by atoms with E-state index in [0.29, 0.717) is 43.0 Å². The Morgan fingerprint density at radius 3 is 2.15 bits per heavy atom. The van der Waals surface area contributed by atoms with Gasteiger partial charge in [-0.05, 0) is 63.8 Å². The fourth-order valence-electron chi connectivity index (χ4n) is 4.33. The first-order valence-electron chi connectivity index (χ1n) is 9.77. The van der Waals surface area contributed by atoms with E-state index in [1.807, 2.05) is 13.8 Å². The molecule has 5 heteroatoms. The van der Waals surface area contributed by atoms with Gasteiger partial charge in [-0.15, -0.1) is 0 Å². The number of Topliss-reactive ketones (excluding diaryl/α,β-unsaturated/α-hetero) is 1. The fourth-order valence-corrected chi connectivity index (χ4v) is 4.33. The molecule has 5 nitrogen and oxygen atoms in total. The monoisotopic (exact) mass is 356 g/mol. The molecule has 2 amide bonds. The van der Waals surface area contributed by atoms with Crippen LogP contribution in [0, 0.1) is 17.8 Å². The van der Waals surface area contributed by atoms with Gasteiger partial charge in [0.25, 0.3) is 5.91 Å². The van der Waals surface area contributed by atoms with Crippen LogP contribution in [-0.2, 0) is 9.59 Å². The molecule has 0 aromatic heterocycles. The Hall–Kier alpha value is -2.17. The number of benzene rings is 1. The van der Waals surface area contributed by atoms with Crippen molar-refractivity contribution in [1.29, 1.82) is 0 Å². The zero-order chi connectivity index (χ0) is 18.7. The molecule has 0 saturated heterocycles. The van der Waals surface area contributed by atoms with Gasteiger partial charge in [-0.3, -0.25) is 14.4 Å². The number of ketones is 1. The van der Waals surface area contributed by atoms with Crippen molar-refractivity contribution in [1.82, 2.24) is 4.90 Å². The van der Waals surface area contributed by atoms with Crippen LogP contribution in [0.15, 0.2) is 24.3 Å². The number of rotatable bonds is 5. The van der Waals surface area contributed by atoms with Gasteiger partial charge in [0.1, 0.15) is 5.78 Å². The summed E-state index contributed by atoms with van der Waals surface area (Å²) >= 11 is 0. The normalized spacial score (nSPS) is 24.8.